The predicted octanol–water partition coefficient (Wildman–Crippen LogP) is 3.68. The lowest BCUT2D eigenvalue weighted by Crippen LogP contribution is -2.40. The standard InChI is InChI=1S/C24H27ClN4O4S/c1-2-32-24(31)17-9-11-29(12-10-17)22(26)16-5-3-15(4-6-16)19-13-18(33-28-19)14-27-23(30)20-7-8-21(25)34-20/h3-8,13,17-18,26,28H,2,9-12,14H2,1H3,(H,27,30). The van der Waals surface area contributed by atoms with Crippen LogP contribution in [0.3, 0.4) is 0 Å². The largest absolute Gasteiger partial charge is 0.466 e. The molecule has 1 aromatic carbocycles. The van der Waals surface area contributed by atoms with Gasteiger partial charge in [0, 0.05) is 18.7 Å². The number of likely N-dealkylation sites (tertiary alicyclic amines) is 1. The van der Waals surface area contributed by atoms with Gasteiger partial charge in [0.15, 0.2) is 0 Å². The van der Waals surface area contributed by atoms with Crippen LogP contribution < -0.4 is 10.8 Å². The molecule has 3 N–H and O–H groups in total. The van der Waals surface area contributed by atoms with E-state index in [-0.39, 0.29) is 23.9 Å². The number of nitrogens with zero attached hydrogens (tertiary/aromatic N) is 1. The lowest BCUT2D eigenvalue weighted by molar-refractivity contribution is -0.149. The number of esters is 1. The third-order valence-electron chi connectivity index (χ3n) is 5.83. The molecule has 1 aromatic heterocycles. The zero-order valence-electron chi connectivity index (χ0n) is 18.8. The van der Waals surface area contributed by atoms with Crippen molar-refractivity contribution in [2.75, 3.05) is 26.2 Å². The number of hydrogen-bond acceptors (Lipinski definition) is 7. The van der Waals surface area contributed by atoms with Gasteiger partial charge in [0.25, 0.3) is 5.91 Å². The lowest BCUT2D eigenvalue weighted by atomic mass is 9.96. The normalized spacial score (nSPS) is 18.2. The van der Waals surface area contributed by atoms with E-state index < -0.39 is 0 Å². The molecule has 0 saturated carbocycles. The summed E-state index contributed by atoms with van der Waals surface area (Å²) in [6, 6.07) is 11.1. The van der Waals surface area contributed by atoms with Crippen molar-refractivity contribution in [3.05, 3.63) is 62.8 Å². The Kier molecular flexibility index (Phi) is 7.87. The van der Waals surface area contributed by atoms with E-state index in [0.29, 0.717) is 54.1 Å². The van der Waals surface area contributed by atoms with E-state index in [0.717, 1.165) is 16.8 Å². The molecule has 3 heterocycles. The molecule has 10 heteroatoms. The molecule has 1 fully saturated rings. The number of hydroxylamine groups is 1. The van der Waals surface area contributed by atoms with Crippen molar-refractivity contribution >= 4 is 46.3 Å². The van der Waals surface area contributed by atoms with Gasteiger partial charge in [-0.25, -0.2) is 0 Å². The van der Waals surface area contributed by atoms with E-state index in [9.17, 15) is 9.59 Å². The maximum absolute atomic E-state index is 12.2. The van der Waals surface area contributed by atoms with Crippen LogP contribution in [0.4, 0.5) is 0 Å². The number of ether oxygens (including phenoxy) is 1. The van der Waals surface area contributed by atoms with Crippen molar-refractivity contribution in [2.45, 2.75) is 25.9 Å². The van der Waals surface area contributed by atoms with Crippen LogP contribution in [0, 0.1) is 11.3 Å². The number of carbonyl (C=O) groups excluding carboxylic acids is 2. The van der Waals surface area contributed by atoms with Crippen LogP contribution in [-0.2, 0) is 14.4 Å². The summed E-state index contributed by atoms with van der Waals surface area (Å²) in [5.74, 6) is 0.0585. The third-order valence-corrected chi connectivity index (χ3v) is 7.06. The average Bonchev–Trinajstić information content (AvgIpc) is 3.52. The van der Waals surface area contributed by atoms with Gasteiger partial charge >= 0.3 is 5.97 Å². The van der Waals surface area contributed by atoms with Crippen LogP contribution >= 0.6 is 22.9 Å². The molecule has 1 atom stereocenters. The Labute approximate surface area is 207 Å². The maximum atomic E-state index is 12.2. The first-order valence-corrected chi connectivity index (χ1v) is 12.4. The number of amides is 1. The molecule has 1 amide bonds. The molecule has 2 aliphatic rings. The molecule has 0 radical (unpaired) electrons. The molecule has 8 nitrogen and oxygen atoms in total. The number of hydrogen-bond donors (Lipinski definition) is 3. The Balaban J connectivity index is 1.29. The number of nitrogens with one attached hydrogen (secondary N) is 3. The van der Waals surface area contributed by atoms with E-state index >= 15 is 0 Å². The van der Waals surface area contributed by atoms with Gasteiger partial charge in [-0.3, -0.25) is 25.3 Å². The molecular formula is C24H27ClN4O4S. The second-order valence-electron chi connectivity index (χ2n) is 8.09. The van der Waals surface area contributed by atoms with E-state index in [1.165, 1.54) is 11.3 Å². The SMILES string of the molecule is CCOC(=O)C1CCN(C(=N)c2ccc(C3=CC(CNC(=O)c4ccc(Cl)s4)ON3)cc2)CC1. The summed E-state index contributed by atoms with van der Waals surface area (Å²) >= 11 is 7.12. The number of carbonyl (C=O) groups is 2. The molecule has 0 aliphatic carbocycles. The highest BCUT2D eigenvalue weighted by molar-refractivity contribution is 7.18. The van der Waals surface area contributed by atoms with E-state index in [1.54, 1.807) is 12.1 Å². The number of halogens is 1. The highest BCUT2D eigenvalue weighted by Gasteiger charge is 2.27. The molecule has 2 aliphatic heterocycles. The fraction of sp³-hybridized carbons (Fsp3) is 0.375. The molecule has 0 spiro atoms. The summed E-state index contributed by atoms with van der Waals surface area (Å²) in [5.41, 5.74) is 5.47. The van der Waals surface area contributed by atoms with E-state index in [1.807, 2.05) is 42.2 Å². The van der Waals surface area contributed by atoms with Crippen molar-refractivity contribution < 1.29 is 19.2 Å². The number of piperidine rings is 1. The molecule has 34 heavy (non-hydrogen) atoms. The van der Waals surface area contributed by atoms with Crippen LogP contribution in [0.1, 0.15) is 40.6 Å². The first-order valence-electron chi connectivity index (χ1n) is 11.2. The molecule has 1 saturated heterocycles. The zero-order chi connectivity index (χ0) is 24.1. The smallest absolute Gasteiger partial charge is 0.309 e. The number of rotatable bonds is 7. The van der Waals surface area contributed by atoms with Crippen LogP contribution in [0.15, 0.2) is 42.5 Å². The van der Waals surface area contributed by atoms with Crippen LogP contribution in [-0.4, -0.2) is 55.0 Å². The van der Waals surface area contributed by atoms with Crippen LogP contribution in [0.2, 0.25) is 4.34 Å². The number of benzene rings is 1. The number of thiophene rings is 1. The summed E-state index contributed by atoms with van der Waals surface area (Å²) in [5, 5.41) is 11.4. The van der Waals surface area contributed by atoms with Crippen LogP contribution in [0.25, 0.3) is 5.70 Å². The molecule has 180 valence electrons. The summed E-state index contributed by atoms with van der Waals surface area (Å²) in [6.07, 6.45) is 3.02. The van der Waals surface area contributed by atoms with Crippen molar-refractivity contribution in [1.82, 2.24) is 15.7 Å². The maximum Gasteiger partial charge on any atom is 0.309 e. The Morgan fingerprint density at radius 1 is 1.24 bits per heavy atom. The Morgan fingerprint density at radius 3 is 2.62 bits per heavy atom. The fourth-order valence-electron chi connectivity index (χ4n) is 3.95. The second-order valence-corrected chi connectivity index (χ2v) is 9.81. The highest BCUT2D eigenvalue weighted by Crippen LogP contribution is 2.23. The van der Waals surface area contributed by atoms with Gasteiger partial charge in [-0.05, 0) is 43.5 Å². The Bertz CT molecular complexity index is 1080. The second kappa shape index (κ2) is 11.0. The molecule has 0 bridgehead atoms. The zero-order valence-corrected chi connectivity index (χ0v) is 20.4. The van der Waals surface area contributed by atoms with Crippen molar-refractivity contribution in [2.24, 2.45) is 5.92 Å². The van der Waals surface area contributed by atoms with Crippen LogP contribution in [0.5, 0.6) is 0 Å². The van der Waals surface area contributed by atoms with Gasteiger partial charge in [-0.1, -0.05) is 35.9 Å². The first kappa shape index (κ1) is 24.3. The number of amidine groups is 1. The lowest BCUT2D eigenvalue weighted by Gasteiger charge is -2.32. The summed E-state index contributed by atoms with van der Waals surface area (Å²) < 4.78 is 5.69. The Morgan fingerprint density at radius 2 is 1.97 bits per heavy atom. The monoisotopic (exact) mass is 502 g/mol. The summed E-state index contributed by atoms with van der Waals surface area (Å²) in [4.78, 5) is 32.2. The molecule has 1 unspecified atom stereocenters. The van der Waals surface area contributed by atoms with E-state index in [4.69, 9.17) is 26.6 Å². The minimum atomic E-state index is -0.298. The quantitative estimate of drug-likeness (QED) is 0.303. The van der Waals surface area contributed by atoms with Gasteiger partial charge in [-0.15, -0.1) is 11.3 Å². The average molecular weight is 503 g/mol. The van der Waals surface area contributed by atoms with Gasteiger partial charge in [0.1, 0.15) is 11.9 Å². The topological polar surface area (TPSA) is 104 Å². The molecule has 2 aromatic rings. The minimum Gasteiger partial charge on any atom is -0.466 e. The highest BCUT2D eigenvalue weighted by atomic mass is 35.5. The molecular weight excluding hydrogens is 476 g/mol. The van der Waals surface area contributed by atoms with Gasteiger partial charge < -0.3 is 15.0 Å². The fourth-order valence-corrected chi connectivity index (χ4v) is 4.91. The van der Waals surface area contributed by atoms with Gasteiger partial charge in [0.05, 0.1) is 34.0 Å². The van der Waals surface area contributed by atoms with E-state index in [2.05, 4.69) is 10.8 Å². The summed E-state index contributed by atoms with van der Waals surface area (Å²) in [6.45, 7) is 3.87. The van der Waals surface area contributed by atoms with Gasteiger partial charge in [-0.2, -0.15) is 0 Å². The summed E-state index contributed by atoms with van der Waals surface area (Å²) in [7, 11) is 0. The van der Waals surface area contributed by atoms with Crippen molar-refractivity contribution in [3.63, 3.8) is 0 Å². The van der Waals surface area contributed by atoms with Crippen molar-refractivity contribution in [3.8, 4) is 0 Å². The predicted molar refractivity (Wildman–Crippen MR) is 132 cm³/mol. The third kappa shape index (κ3) is 5.78. The van der Waals surface area contributed by atoms with Gasteiger partial charge in [0.2, 0.25) is 0 Å². The minimum absolute atomic E-state index is 0.0763. The molecule has 4 rings (SSSR count). The first-order chi connectivity index (χ1) is 16.4. The van der Waals surface area contributed by atoms with Crippen molar-refractivity contribution in [1.29, 1.82) is 5.41 Å². The Hall–Kier alpha value is -2.88.